The quantitative estimate of drug-likeness (QED) is 0.388. The summed E-state index contributed by atoms with van der Waals surface area (Å²) in [5, 5.41) is 17.5. The van der Waals surface area contributed by atoms with Crippen LogP contribution in [0.2, 0.25) is 0 Å². The second kappa shape index (κ2) is 9.87. The van der Waals surface area contributed by atoms with E-state index in [9.17, 15) is 14.7 Å². The lowest BCUT2D eigenvalue weighted by Gasteiger charge is -2.13. The molecule has 0 saturated carbocycles. The van der Waals surface area contributed by atoms with Crippen LogP contribution in [0.15, 0.2) is 76.4 Å². The molecule has 1 atom stereocenters. The minimum Gasteiger partial charge on any atom is -0.497 e. The zero-order valence-electron chi connectivity index (χ0n) is 18.3. The summed E-state index contributed by atoms with van der Waals surface area (Å²) in [4.78, 5) is 25.4. The van der Waals surface area contributed by atoms with E-state index in [1.807, 2.05) is 61.5 Å². The third kappa shape index (κ3) is 5.23. The fourth-order valence-corrected chi connectivity index (χ4v) is 4.43. The second-order valence-corrected chi connectivity index (χ2v) is 8.90. The number of rotatable bonds is 8. The zero-order chi connectivity index (χ0) is 23.4. The molecule has 4 rings (SSSR count). The molecule has 0 spiro atoms. The summed E-state index contributed by atoms with van der Waals surface area (Å²) in [6.45, 7) is 2.07. The maximum atomic E-state index is 12.7. The molecule has 1 unspecified atom stereocenters. The molecule has 0 fully saturated rings. The first-order valence-corrected chi connectivity index (χ1v) is 11.3. The van der Waals surface area contributed by atoms with Crippen LogP contribution in [0.1, 0.15) is 12.0 Å². The van der Waals surface area contributed by atoms with Gasteiger partial charge in [-0.3, -0.25) is 9.59 Å². The number of ether oxygens (including phenoxy) is 1. The number of carboxylic acids is 1. The fourth-order valence-electron chi connectivity index (χ4n) is 3.48. The van der Waals surface area contributed by atoms with Gasteiger partial charge in [0.25, 0.3) is 5.56 Å². The SMILES string of the molecule is COc1ccc(-c2ccc(SC(CCn3nnc4ccc(C)cc4c3=O)C(=O)O)cc2)cc1. The molecule has 0 amide bonds. The molecular weight excluding hydrogens is 438 g/mol. The molecule has 0 radical (unpaired) electrons. The molecule has 8 heteroatoms. The number of carbonyl (C=O) groups is 1. The van der Waals surface area contributed by atoms with E-state index in [0.29, 0.717) is 10.9 Å². The molecule has 0 bridgehead atoms. The standard InChI is InChI=1S/C25H23N3O4S/c1-16-3-12-22-21(15-16)24(29)28(27-26-22)14-13-23(25(30)31)33-20-10-6-18(7-11-20)17-4-8-19(32-2)9-5-17/h3-12,15,23H,13-14H2,1-2H3,(H,30,31). The number of methoxy groups -OCH3 is 1. The van der Waals surface area contributed by atoms with E-state index in [1.54, 1.807) is 19.2 Å². The summed E-state index contributed by atoms with van der Waals surface area (Å²) < 4.78 is 6.43. The largest absolute Gasteiger partial charge is 0.497 e. The monoisotopic (exact) mass is 461 g/mol. The predicted molar refractivity (Wildman–Crippen MR) is 129 cm³/mol. The van der Waals surface area contributed by atoms with Crippen molar-refractivity contribution in [3.63, 3.8) is 0 Å². The molecular formula is C25H23N3O4S. The Balaban J connectivity index is 1.46. The third-order valence-corrected chi connectivity index (χ3v) is 6.58. The first-order valence-electron chi connectivity index (χ1n) is 10.4. The van der Waals surface area contributed by atoms with Crippen LogP contribution in [-0.2, 0) is 11.3 Å². The van der Waals surface area contributed by atoms with Crippen molar-refractivity contribution in [3.05, 3.63) is 82.6 Å². The van der Waals surface area contributed by atoms with Crippen LogP contribution in [0.4, 0.5) is 0 Å². The van der Waals surface area contributed by atoms with Crippen LogP contribution in [0.25, 0.3) is 22.0 Å². The van der Waals surface area contributed by atoms with Crippen molar-refractivity contribution in [1.82, 2.24) is 15.0 Å². The van der Waals surface area contributed by atoms with Crippen molar-refractivity contribution in [3.8, 4) is 16.9 Å². The molecule has 0 aliphatic carbocycles. The van der Waals surface area contributed by atoms with E-state index in [4.69, 9.17) is 4.74 Å². The topological polar surface area (TPSA) is 94.3 Å². The van der Waals surface area contributed by atoms with E-state index in [0.717, 1.165) is 27.3 Å². The van der Waals surface area contributed by atoms with Gasteiger partial charge in [0.05, 0.1) is 12.5 Å². The van der Waals surface area contributed by atoms with Crippen molar-refractivity contribution < 1.29 is 14.6 Å². The van der Waals surface area contributed by atoms with E-state index in [2.05, 4.69) is 10.3 Å². The lowest BCUT2D eigenvalue weighted by Crippen LogP contribution is -2.27. The van der Waals surface area contributed by atoms with Gasteiger partial charge in [-0.1, -0.05) is 41.1 Å². The van der Waals surface area contributed by atoms with Gasteiger partial charge in [-0.15, -0.1) is 16.9 Å². The third-order valence-electron chi connectivity index (χ3n) is 5.31. The molecule has 4 aromatic rings. The summed E-state index contributed by atoms with van der Waals surface area (Å²) in [7, 11) is 1.63. The van der Waals surface area contributed by atoms with Crippen LogP contribution in [0.5, 0.6) is 5.75 Å². The zero-order valence-corrected chi connectivity index (χ0v) is 19.1. The highest BCUT2D eigenvalue weighted by Gasteiger charge is 2.20. The van der Waals surface area contributed by atoms with Crippen LogP contribution < -0.4 is 10.3 Å². The number of carboxylic acid groups (broad SMARTS) is 1. The number of benzene rings is 3. The van der Waals surface area contributed by atoms with Crippen molar-refractivity contribution in [1.29, 1.82) is 0 Å². The summed E-state index contributed by atoms with van der Waals surface area (Å²) in [5.74, 6) is -0.141. The summed E-state index contributed by atoms with van der Waals surface area (Å²) >= 11 is 1.25. The predicted octanol–water partition coefficient (Wildman–Crippen LogP) is 4.41. The highest BCUT2D eigenvalue weighted by molar-refractivity contribution is 8.00. The molecule has 0 aliphatic heterocycles. The van der Waals surface area contributed by atoms with Crippen LogP contribution in [0, 0.1) is 6.92 Å². The number of aromatic nitrogens is 3. The lowest BCUT2D eigenvalue weighted by molar-refractivity contribution is -0.136. The molecule has 0 aliphatic rings. The Hall–Kier alpha value is -3.65. The molecule has 168 valence electrons. The van der Waals surface area contributed by atoms with Gasteiger partial charge in [0, 0.05) is 11.4 Å². The molecule has 0 saturated heterocycles. The molecule has 1 heterocycles. The highest BCUT2D eigenvalue weighted by Crippen LogP contribution is 2.29. The van der Waals surface area contributed by atoms with Crippen LogP contribution >= 0.6 is 11.8 Å². The summed E-state index contributed by atoms with van der Waals surface area (Å²) in [6, 6.07) is 20.9. The van der Waals surface area contributed by atoms with E-state index in [-0.39, 0.29) is 18.5 Å². The lowest BCUT2D eigenvalue weighted by atomic mass is 10.1. The normalized spacial score (nSPS) is 11.9. The molecule has 33 heavy (non-hydrogen) atoms. The van der Waals surface area contributed by atoms with Gasteiger partial charge in [-0.05, 0) is 60.9 Å². The van der Waals surface area contributed by atoms with Gasteiger partial charge in [0.15, 0.2) is 0 Å². The van der Waals surface area contributed by atoms with Gasteiger partial charge in [0.2, 0.25) is 0 Å². The summed E-state index contributed by atoms with van der Waals surface area (Å²) in [6.07, 6.45) is 0.242. The Morgan fingerprint density at radius 2 is 1.73 bits per heavy atom. The highest BCUT2D eigenvalue weighted by atomic mass is 32.2. The van der Waals surface area contributed by atoms with Crippen molar-refractivity contribution in [2.24, 2.45) is 0 Å². The van der Waals surface area contributed by atoms with Crippen molar-refractivity contribution in [2.45, 2.75) is 30.0 Å². The van der Waals surface area contributed by atoms with E-state index in [1.165, 1.54) is 16.4 Å². The van der Waals surface area contributed by atoms with Crippen molar-refractivity contribution in [2.75, 3.05) is 7.11 Å². The average molecular weight is 462 g/mol. The average Bonchev–Trinajstić information content (AvgIpc) is 2.83. The first-order chi connectivity index (χ1) is 15.9. The Morgan fingerprint density at radius 3 is 2.36 bits per heavy atom. The van der Waals surface area contributed by atoms with Crippen LogP contribution in [0.3, 0.4) is 0 Å². The van der Waals surface area contributed by atoms with Gasteiger partial charge in [-0.25, -0.2) is 4.68 Å². The summed E-state index contributed by atoms with van der Waals surface area (Å²) in [5.41, 5.74) is 3.30. The first kappa shape index (κ1) is 22.5. The maximum absolute atomic E-state index is 12.7. The Bertz CT molecular complexity index is 1330. The van der Waals surface area contributed by atoms with E-state index >= 15 is 0 Å². The van der Waals surface area contributed by atoms with Gasteiger partial charge in [-0.2, -0.15) is 0 Å². The van der Waals surface area contributed by atoms with Crippen molar-refractivity contribution >= 4 is 28.6 Å². The maximum Gasteiger partial charge on any atom is 0.317 e. The molecule has 1 N–H and O–H groups in total. The number of fused-ring (bicyclic) bond motifs is 1. The second-order valence-electron chi connectivity index (χ2n) is 7.62. The number of aryl methyl sites for hydroxylation is 2. The number of hydrogen-bond acceptors (Lipinski definition) is 6. The Morgan fingerprint density at radius 1 is 1.06 bits per heavy atom. The van der Waals surface area contributed by atoms with Gasteiger partial charge >= 0.3 is 5.97 Å². The van der Waals surface area contributed by atoms with Gasteiger partial charge in [0.1, 0.15) is 16.5 Å². The number of nitrogens with zero attached hydrogens (tertiary/aromatic N) is 3. The van der Waals surface area contributed by atoms with E-state index < -0.39 is 11.2 Å². The fraction of sp³-hybridized carbons (Fsp3) is 0.200. The number of thioether (sulfide) groups is 1. The number of hydrogen-bond donors (Lipinski definition) is 1. The molecule has 1 aromatic heterocycles. The Labute approximate surface area is 195 Å². The minimum atomic E-state index is -0.933. The van der Waals surface area contributed by atoms with Gasteiger partial charge < -0.3 is 9.84 Å². The minimum absolute atomic E-state index is 0.170. The molecule has 3 aromatic carbocycles. The van der Waals surface area contributed by atoms with Crippen LogP contribution in [-0.4, -0.2) is 38.4 Å². The number of aliphatic carboxylic acids is 1. The smallest absolute Gasteiger partial charge is 0.317 e. The molecule has 7 nitrogen and oxygen atoms in total. The Kier molecular flexibility index (Phi) is 6.74.